The number of amides is 2. The van der Waals surface area contributed by atoms with E-state index in [2.05, 4.69) is 5.32 Å². The summed E-state index contributed by atoms with van der Waals surface area (Å²) in [6, 6.07) is 15.8. The predicted molar refractivity (Wildman–Crippen MR) is 171 cm³/mol. The number of carbonyl (C=O) groups excluding carboxylic acids is 2. The average Bonchev–Trinajstić information content (AvgIpc) is 2.93. The Morgan fingerprint density at radius 2 is 1.57 bits per heavy atom. The summed E-state index contributed by atoms with van der Waals surface area (Å²) < 4.78 is 29.2. The van der Waals surface area contributed by atoms with Gasteiger partial charge in [0.2, 0.25) is 11.8 Å². The molecule has 0 fully saturated rings. The van der Waals surface area contributed by atoms with Crippen LogP contribution in [0.25, 0.3) is 0 Å². The standard InChI is InChI=1S/C32H39Cl2N3O4S/c1-7-30(32(39)35-18-21(2)3)36(19-25-11-12-26(33)17-29(25)34)31(38)20-37(27-13-10-23(5)24(6)16-27)42(40,41)28-14-8-22(4)9-15-28/h8-17,21,30H,7,18-20H2,1-6H3,(H,35,39)/t30-/m1/s1. The minimum absolute atomic E-state index is 0.00616. The SMILES string of the molecule is CC[C@H](C(=O)NCC(C)C)N(Cc1ccc(Cl)cc1Cl)C(=O)CN(c1ccc(C)c(C)c1)S(=O)(=O)c1ccc(C)cc1. The lowest BCUT2D eigenvalue weighted by Crippen LogP contribution is -2.52. The van der Waals surface area contributed by atoms with E-state index in [1.165, 1.54) is 17.0 Å². The number of nitrogens with zero attached hydrogens (tertiary/aromatic N) is 2. The Balaban J connectivity index is 2.09. The van der Waals surface area contributed by atoms with Crippen LogP contribution in [0.15, 0.2) is 65.6 Å². The van der Waals surface area contributed by atoms with E-state index in [9.17, 15) is 18.0 Å². The largest absolute Gasteiger partial charge is 0.354 e. The Bertz CT molecular complexity index is 1530. The Labute approximate surface area is 259 Å². The van der Waals surface area contributed by atoms with Gasteiger partial charge in [-0.25, -0.2) is 8.42 Å². The number of halogens is 2. The first-order valence-corrected chi connectivity index (χ1v) is 16.1. The average molecular weight is 633 g/mol. The van der Waals surface area contributed by atoms with Crippen LogP contribution in [0.2, 0.25) is 10.0 Å². The van der Waals surface area contributed by atoms with Gasteiger partial charge >= 0.3 is 0 Å². The van der Waals surface area contributed by atoms with Gasteiger partial charge in [-0.15, -0.1) is 0 Å². The van der Waals surface area contributed by atoms with Gasteiger partial charge in [0.25, 0.3) is 10.0 Å². The molecule has 0 heterocycles. The van der Waals surface area contributed by atoms with Gasteiger partial charge in [-0.1, -0.05) is 73.8 Å². The highest BCUT2D eigenvalue weighted by molar-refractivity contribution is 7.92. The van der Waals surface area contributed by atoms with E-state index in [1.807, 2.05) is 47.6 Å². The molecule has 3 aromatic rings. The van der Waals surface area contributed by atoms with Gasteiger partial charge < -0.3 is 10.2 Å². The lowest BCUT2D eigenvalue weighted by Gasteiger charge is -2.33. The third-order valence-electron chi connectivity index (χ3n) is 7.09. The molecular formula is C32H39Cl2N3O4S. The van der Waals surface area contributed by atoms with Gasteiger partial charge in [0.15, 0.2) is 0 Å². The van der Waals surface area contributed by atoms with Gasteiger partial charge in [0, 0.05) is 23.1 Å². The fraction of sp³-hybridized carbons (Fsp3) is 0.375. The van der Waals surface area contributed by atoms with Gasteiger partial charge in [-0.3, -0.25) is 13.9 Å². The second kappa shape index (κ2) is 14.4. The number of nitrogens with one attached hydrogen (secondary N) is 1. The van der Waals surface area contributed by atoms with E-state index in [4.69, 9.17) is 23.2 Å². The van der Waals surface area contributed by atoms with E-state index in [-0.39, 0.29) is 23.3 Å². The van der Waals surface area contributed by atoms with Crippen molar-refractivity contribution in [2.75, 3.05) is 17.4 Å². The summed E-state index contributed by atoms with van der Waals surface area (Å²) in [4.78, 5) is 29.0. The first-order chi connectivity index (χ1) is 19.7. The molecule has 0 saturated heterocycles. The summed E-state index contributed by atoms with van der Waals surface area (Å²) in [6.07, 6.45) is 0.315. The van der Waals surface area contributed by atoms with Crippen molar-refractivity contribution in [2.24, 2.45) is 5.92 Å². The first kappa shape index (κ1) is 33.4. The number of anilines is 1. The molecule has 0 aromatic heterocycles. The molecule has 42 heavy (non-hydrogen) atoms. The zero-order chi connectivity index (χ0) is 31.2. The number of aryl methyl sites for hydroxylation is 3. The molecule has 0 unspecified atom stereocenters. The Morgan fingerprint density at radius 3 is 2.14 bits per heavy atom. The van der Waals surface area contributed by atoms with Crippen molar-refractivity contribution in [3.8, 4) is 0 Å². The van der Waals surface area contributed by atoms with Crippen molar-refractivity contribution in [1.82, 2.24) is 10.2 Å². The number of hydrogen-bond donors (Lipinski definition) is 1. The molecule has 0 aliphatic heterocycles. The summed E-state index contributed by atoms with van der Waals surface area (Å²) in [6.45, 7) is 11.4. The van der Waals surface area contributed by atoms with Crippen molar-refractivity contribution >= 4 is 50.7 Å². The van der Waals surface area contributed by atoms with E-state index in [0.717, 1.165) is 21.0 Å². The molecule has 10 heteroatoms. The van der Waals surface area contributed by atoms with Crippen LogP contribution in [-0.2, 0) is 26.2 Å². The molecule has 0 bridgehead atoms. The van der Waals surface area contributed by atoms with Crippen LogP contribution in [0.4, 0.5) is 5.69 Å². The molecule has 0 saturated carbocycles. The molecule has 1 N–H and O–H groups in total. The highest BCUT2D eigenvalue weighted by Gasteiger charge is 2.34. The maximum Gasteiger partial charge on any atom is 0.264 e. The Morgan fingerprint density at radius 1 is 0.905 bits per heavy atom. The molecule has 7 nitrogen and oxygen atoms in total. The van der Waals surface area contributed by atoms with E-state index >= 15 is 0 Å². The van der Waals surface area contributed by atoms with E-state index in [1.54, 1.807) is 42.5 Å². The molecular weight excluding hydrogens is 593 g/mol. The number of rotatable bonds is 12. The third kappa shape index (κ3) is 8.27. The smallest absolute Gasteiger partial charge is 0.264 e. The molecule has 0 spiro atoms. The molecule has 3 aromatic carbocycles. The quantitative estimate of drug-likeness (QED) is 0.241. The van der Waals surface area contributed by atoms with Crippen molar-refractivity contribution in [3.05, 3.63) is 93.0 Å². The van der Waals surface area contributed by atoms with Crippen LogP contribution >= 0.6 is 23.2 Å². The Kier molecular flexibility index (Phi) is 11.5. The summed E-state index contributed by atoms with van der Waals surface area (Å²) >= 11 is 12.6. The molecule has 0 aliphatic rings. The van der Waals surface area contributed by atoms with Crippen LogP contribution in [0.3, 0.4) is 0 Å². The van der Waals surface area contributed by atoms with Crippen LogP contribution in [0.1, 0.15) is 49.4 Å². The van der Waals surface area contributed by atoms with Crippen molar-refractivity contribution in [2.45, 2.75) is 65.4 Å². The van der Waals surface area contributed by atoms with Crippen molar-refractivity contribution < 1.29 is 18.0 Å². The minimum atomic E-state index is -4.15. The normalized spacial score (nSPS) is 12.2. The molecule has 1 atom stereocenters. The second-order valence-electron chi connectivity index (χ2n) is 10.9. The van der Waals surface area contributed by atoms with E-state index in [0.29, 0.717) is 34.3 Å². The topological polar surface area (TPSA) is 86.8 Å². The molecule has 2 amide bonds. The monoisotopic (exact) mass is 631 g/mol. The lowest BCUT2D eigenvalue weighted by atomic mass is 10.1. The van der Waals surface area contributed by atoms with Crippen LogP contribution in [0.5, 0.6) is 0 Å². The number of sulfonamides is 1. The Hall–Kier alpha value is -3.07. The molecule has 0 aliphatic carbocycles. The second-order valence-corrected chi connectivity index (χ2v) is 13.6. The fourth-order valence-electron chi connectivity index (χ4n) is 4.42. The lowest BCUT2D eigenvalue weighted by molar-refractivity contribution is -0.140. The molecule has 226 valence electrons. The van der Waals surface area contributed by atoms with Gasteiger partial charge in [0.1, 0.15) is 12.6 Å². The van der Waals surface area contributed by atoms with Crippen molar-refractivity contribution in [1.29, 1.82) is 0 Å². The molecule has 0 radical (unpaired) electrons. The van der Waals surface area contributed by atoms with Gasteiger partial charge in [-0.2, -0.15) is 0 Å². The van der Waals surface area contributed by atoms with Crippen LogP contribution in [0, 0.1) is 26.7 Å². The van der Waals surface area contributed by atoms with Gasteiger partial charge in [-0.05, 0) is 86.2 Å². The van der Waals surface area contributed by atoms with Crippen molar-refractivity contribution in [3.63, 3.8) is 0 Å². The van der Waals surface area contributed by atoms with Gasteiger partial charge in [0.05, 0.1) is 10.6 Å². The first-order valence-electron chi connectivity index (χ1n) is 13.9. The fourth-order valence-corrected chi connectivity index (χ4v) is 6.30. The molecule has 3 rings (SSSR count). The summed E-state index contributed by atoms with van der Waals surface area (Å²) in [5, 5.41) is 3.70. The summed E-state index contributed by atoms with van der Waals surface area (Å²) in [5.74, 6) is -0.647. The minimum Gasteiger partial charge on any atom is -0.354 e. The third-order valence-corrected chi connectivity index (χ3v) is 9.47. The number of carbonyl (C=O) groups is 2. The van der Waals surface area contributed by atoms with Crippen LogP contribution < -0.4 is 9.62 Å². The van der Waals surface area contributed by atoms with Crippen LogP contribution in [-0.4, -0.2) is 44.3 Å². The highest BCUT2D eigenvalue weighted by Crippen LogP contribution is 2.28. The highest BCUT2D eigenvalue weighted by atomic mass is 35.5. The maximum absolute atomic E-state index is 14.2. The summed E-state index contributed by atoms with van der Waals surface area (Å²) in [7, 11) is -4.15. The number of hydrogen-bond acceptors (Lipinski definition) is 4. The maximum atomic E-state index is 14.2. The zero-order valence-electron chi connectivity index (χ0n) is 24.9. The van der Waals surface area contributed by atoms with E-state index < -0.39 is 28.5 Å². The number of benzene rings is 3. The summed E-state index contributed by atoms with van der Waals surface area (Å²) in [5.41, 5.74) is 3.72. The zero-order valence-corrected chi connectivity index (χ0v) is 27.3. The predicted octanol–water partition coefficient (Wildman–Crippen LogP) is 6.69.